The molecule has 2 heterocycles. The molecule has 3 aromatic carbocycles. The summed E-state index contributed by atoms with van der Waals surface area (Å²) >= 11 is 3.40. The molecule has 5 aromatic rings. The number of nitrogens with zero attached hydrogens (tertiary/aromatic N) is 4. The van der Waals surface area contributed by atoms with Gasteiger partial charge in [0.1, 0.15) is 5.69 Å². The minimum atomic E-state index is -4.48. The fourth-order valence-electron chi connectivity index (χ4n) is 3.97. The molecule has 7 nitrogen and oxygen atoms in total. The summed E-state index contributed by atoms with van der Waals surface area (Å²) in [6, 6.07) is 17.3. The molecule has 35 heavy (non-hydrogen) atoms. The fraction of sp³-hybridized carbons (Fsp3) is 0.0833. The minimum absolute atomic E-state index is 0.0775. The van der Waals surface area contributed by atoms with Gasteiger partial charge in [0.2, 0.25) is 5.82 Å². The number of fused-ring (bicyclic) bond motifs is 1. The summed E-state index contributed by atoms with van der Waals surface area (Å²) < 4.78 is 43.0. The van der Waals surface area contributed by atoms with E-state index in [1.165, 1.54) is 12.1 Å². The van der Waals surface area contributed by atoms with Crippen LogP contribution >= 0.6 is 15.9 Å². The van der Waals surface area contributed by atoms with Crippen LogP contribution in [0.25, 0.3) is 33.4 Å². The lowest BCUT2D eigenvalue weighted by atomic mass is 9.98. The Morgan fingerprint density at radius 2 is 1.83 bits per heavy atom. The Morgan fingerprint density at radius 1 is 1.03 bits per heavy atom. The van der Waals surface area contributed by atoms with Gasteiger partial charge in [0, 0.05) is 28.0 Å². The molecule has 0 spiro atoms. The lowest BCUT2D eigenvalue weighted by Gasteiger charge is -2.13. The van der Waals surface area contributed by atoms with Gasteiger partial charge in [-0.15, -0.1) is 10.2 Å². The SMILES string of the molecule is Cn1c(C(=O)Nc2ccc(Br)cc2-c2nn[nH]n2)cc2ccc(-c3ccccc3C(F)(F)F)cc21. The summed E-state index contributed by atoms with van der Waals surface area (Å²) in [5, 5.41) is 17.5. The van der Waals surface area contributed by atoms with Gasteiger partial charge in [0.05, 0.1) is 11.3 Å². The van der Waals surface area contributed by atoms with E-state index >= 15 is 0 Å². The predicted molar refractivity (Wildman–Crippen MR) is 129 cm³/mol. The van der Waals surface area contributed by atoms with Gasteiger partial charge in [-0.2, -0.15) is 18.4 Å². The highest BCUT2D eigenvalue weighted by atomic mass is 79.9. The average Bonchev–Trinajstić information content (AvgIpc) is 3.48. The second-order valence-electron chi connectivity index (χ2n) is 7.78. The number of anilines is 1. The highest BCUT2D eigenvalue weighted by molar-refractivity contribution is 9.10. The van der Waals surface area contributed by atoms with E-state index in [1.807, 2.05) is 0 Å². The monoisotopic (exact) mass is 540 g/mol. The molecule has 5 rings (SSSR count). The number of rotatable bonds is 4. The third kappa shape index (κ3) is 4.30. The number of carbonyl (C=O) groups is 1. The van der Waals surface area contributed by atoms with Gasteiger partial charge in [-0.1, -0.05) is 46.3 Å². The number of hydrogen-bond acceptors (Lipinski definition) is 4. The molecule has 0 atom stereocenters. The van der Waals surface area contributed by atoms with E-state index in [1.54, 1.807) is 60.1 Å². The zero-order chi connectivity index (χ0) is 24.7. The Morgan fingerprint density at radius 3 is 2.57 bits per heavy atom. The van der Waals surface area contributed by atoms with E-state index in [-0.39, 0.29) is 5.56 Å². The summed E-state index contributed by atoms with van der Waals surface area (Å²) in [4.78, 5) is 13.2. The molecular formula is C24H16BrF3N6O. The van der Waals surface area contributed by atoms with E-state index in [9.17, 15) is 18.0 Å². The van der Waals surface area contributed by atoms with Crippen molar-refractivity contribution >= 4 is 38.4 Å². The van der Waals surface area contributed by atoms with Gasteiger partial charge >= 0.3 is 6.18 Å². The van der Waals surface area contributed by atoms with Crippen molar-refractivity contribution in [3.05, 3.63) is 82.5 Å². The normalized spacial score (nSPS) is 11.7. The largest absolute Gasteiger partial charge is 0.417 e. The number of nitrogens with one attached hydrogen (secondary N) is 2. The number of aryl methyl sites for hydroxylation is 1. The van der Waals surface area contributed by atoms with Gasteiger partial charge < -0.3 is 9.88 Å². The second-order valence-corrected chi connectivity index (χ2v) is 8.70. The first-order chi connectivity index (χ1) is 16.7. The number of aromatic nitrogens is 5. The van der Waals surface area contributed by atoms with Gasteiger partial charge in [0.15, 0.2) is 0 Å². The van der Waals surface area contributed by atoms with Crippen LogP contribution in [0.1, 0.15) is 16.1 Å². The minimum Gasteiger partial charge on any atom is -0.340 e. The van der Waals surface area contributed by atoms with Gasteiger partial charge in [-0.25, -0.2) is 0 Å². The van der Waals surface area contributed by atoms with E-state index in [0.29, 0.717) is 33.8 Å². The molecule has 0 saturated carbocycles. The number of carbonyl (C=O) groups excluding carboxylic acids is 1. The number of tetrazole rings is 1. The zero-order valence-corrected chi connectivity index (χ0v) is 19.6. The number of H-pyrrole nitrogens is 1. The molecule has 0 aliphatic rings. The molecule has 11 heteroatoms. The van der Waals surface area contributed by atoms with Crippen LogP contribution in [0.4, 0.5) is 18.9 Å². The van der Waals surface area contributed by atoms with Crippen LogP contribution in [-0.2, 0) is 13.2 Å². The lowest BCUT2D eigenvalue weighted by molar-refractivity contribution is -0.137. The van der Waals surface area contributed by atoms with Crippen molar-refractivity contribution in [2.75, 3.05) is 5.32 Å². The number of hydrogen-bond donors (Lipinski definition) is 2. The molecule has 0 radical (unpaired) electrons. The van der Waals surface area contributed by atoms with Crippen molar-refractivity contribution in [1.29, 1.82) is 0 Å². The van der Waals surface area contributed by atoms with Crippen LogP contribution < -0.4 is 5.32 Å². The Hall–Kier alpha value is -3.99. The van der Waals surface area contributed by atoms with Crippen molar-refractivity contribution in [2.45, 2.75) is 6.18 Å². The van der Waals surface area contributed by atoms with Gasteiger partial charge in [0.25, 0.3) is 5.91 Å². The van der Waals surface area contributed by atoms with Crippen LogP contribution in [0.3, 0.4) is 0 Å². The maximum absolute atomic E-state index is 13.5. The number of amides is 1. The zero-order valence-electron chi connectivity index (χ0n) is 18.1. The Kier molecular flexibility index (Phi) is 5.64. The first-order valence-corrected chi connectivity index (χ1v) is 11.1. The molecule has 0 fully saturated rings. The molecule has 0 aliphatic carbocycles. The third-order valence-corrected chi connectivity index (χ3v) is 6.13. The van der Waals surface area contributed by atoms with Gasteiger partial charge in [-0.3, -0.25) is 4.79 Å². The Balaban J connectivity index is 1.52. The van der Waals surface area contributed by atoms with E-state index in [2.05, 4.69) is 41.9 Å². The summed E-state index contributed by atoms with van der Waals surface area (Å²) in [6.07, 6.45) is -4.48. The number of aromatic amines is 1. The molecule has 1 amide bonds. The molecule has 0 saturated heterocycles. The maximum atomic E-state index is 13.5. The summed E-state index contributed by atoms with van der Waals surface area (Å²) in [5.74, 6) is -0.0837. The van der Waals surface area contributed by atoms with Crippen molar-refractivity contribution in [3.8, 4) is 22.5 Å². The van der Waals surface area contributed by atoms with Crippen LogP contribution in [0.2, 0.25) is 0 Å². The molecule has 2 N–H and O–H groups in total. The molecule has 0 bridgehead atoms. The van der Waals surface area contributed by atoms with Crippen LogP contribution in [0, 0.1) is 0 Å². The number of alkyl halides is 3. The van der Waals surface area contributed by atoms with E-state index < -0.39 is 17.6 Å². The predicted octanol–water partition coefficient (Wildman–Crippen LogP) is 6.06. The first kappa shape index (κ1) is 22.8. The average molecular weight is 541 g/mol. The Labute approximate surface area is 205 Å². The third-order valence-electron chi connectivity index (χ3n) is 5.64. The highest BCUT2D eigenvalue weighted by Gasteiger charge is 2.33. The molecule has 0 aliphatic heterocycles. The molecular weight excluding hydrogens is 525 g/mol. The second kappa shape index (κ2) is 8.66. The van der Waals surface area contributed by atoms with E-state index in [4.69, 9.17) is 0 Å². The standard InChI is InChI=1S/C24H16BrF3N6O/c1-34-20-10-13(16-4-2-3-5-18(16)24(26,27)28)6-7-14(20)11-21(34)23(35)29-19-9-8-15(25)12-17(19)22-30-32-33-31-22/h2-12H,1H3,(H,29,35)(H,30,31,32,33). The summed E-state index contributed by atoms with van der Waals surface area (Å²) in [5.41, 5.74) is 1.77. The smallest absolute Gasteiger partial charge is 0.340 e. The number of benzene rings is 3. The number of halogens is 4. The quantitative estimate of drug-likeness (QED) is 0.290. The molecule has 0 unspecified atom stereocenters. The summed E-state index contributed by atoms with van der Waals surface area (Å²) in [6.45, 7) is 0. The first-order valence-electron chi connectivity index (χ1n) is 10.3. The van der Waals surface area contributed by atoms with Crippen molar-refractivity contribution in [2.24, 2.45) is 7.05 Å². The van der Waals surface area contributed by atoms with Crippen LogP contribution in [0.15, 0.2) is 71.2 Å². The van der Waals surface area contributed by atoms with Crippen LogP contribution in [-0.4, -0.2) is 31.1 Å². The molecule has 2 aromatic heterocycles. The highest BCUT2D eigenvalue weighted by Crippen LogP contribution is 2.38. The Bertz CT molecular complexity index is 1560. The van der Waals surface area contributed by atoms with Crippen molar-refractivity contribution in [1.82, 2.24) is 25.2 Å². The summed E-state index contributed by atoms with van der Waals surface area (Å²) in [7, 11) is 1.69. The fourth-order valence-corrected chi connectivity index (χ4v) is 4.33. The lowest BCUT2D eigenvalue weighted by Crippen LogP contribution is -2.16. The topological polar surface area (TPSA) is 88.5 Å². The van der Waals surface area contributed by atoms with Crippen LogP contribution in [0.5, 0.6) is 0 Å². The molecule has 176 valence electrons. The van der Waals surface area contributed by atoms with Crippen molar-refractivity contribution in [3.63, 3.8) is 0 Å². The maximum Gasteiger partial charge on any atom is 0.417 e. The van der Waals surface area contributed by atoms with Crippen molar-refractivity contribution < 1.29 is 18.0 Å². The van der Waals surface area contributed by atoms with Gasteiger partial charge in [-0.05, 0) is 52.7 Å². The van der Waals surface area contributed by atoms with E-state index in [0.717, 1.165) is 15.9 Å².